The topological polar surface area (TPSA) is 43.0 Å². The summed E-state index contributed by atoms with van der Waals surface area (Å²) in [6, 6.07) is 12.5. The van der Waals surface area contributed by atoms with Crippen LogP contribution in [0, 0.1) is 0 Å². The molecule has 6 heteroatoms. The average Bonchev–Trinajstić information content (AvgIpc) is 2.69. The van der Waals surface area contributed by atoms with Gasteiger partial charge in [-0.3, -0.25) is 0 Å². The van der Waals surface area contributed by atoms with E-state index < -0.39 is 0 Å². The van der Waals surface area contributed by atoms with E-state index in [4.69, 9.17) is 14.2 Å². The molecule has 0 unspecified atom stereocenters. The molecule has 0 spiro atoms. The second-order valence-electron chi connectivity index (χ2n) is 6.03. The summed E-state index contributed by atoms with van der Waals surface area (Å²) in [5.41, 5.74) is 3.44. The molecule has 3 rings (SSSR count). The van der Waals surface area contributed by atoms with Gasteiger partial charge in [-0.25, -0.2) is 0 Å². The number of nitrogens with zero attached hydrogens (tertiary/aromatic N) is 1. The zero-order valence-corrected chi connectivity index (χ0v) is 16.8. The van der Waals surface area contributed by atoms with Crippen molar-refractivity contribution in [2.24, 2.45) is 0 Å². The summed E-state index contributed by atoms with van der Waals surface area (Å²) in [4.78, 5) is 2.35. The molecule has 1 N–H and O–H groups in total. The molecule has 2 aromatic rings. The predicted octanol–water partition coefficient (Wildman–Crippen LogP) is 4.31. The molecular weight excluding hydrogens is 396 g/mol. The standard InChI is InChI=1S/C20H25BrN2O3/c1-3-26-20-12-15(18(21)13-19(20)24-2)14-22-16-4-6-17(7-5-16)23-8-10-25-11-9-23/h4-7,12-13,22H,3,8-11,14H2,1-2H3. The monoisotopic (exact) mass is 420 g/mol. The van der Waals surface area contributed by atoms with Gasteiger partial charge in [-0.2, -0.15) is 0 Å². The van der Waals surface area contributed by atoms with Gasteiger partial charge < -0.3 is 24.4 Å². The lowest BCUT2D eigenvalue weighted by Gasteiger charge is -2.29. The van der Waals surface area contributed by atoms with Crippen LogP contribution in [0.15, 0.2) is 40.9 Å². The molecule has 0 saturated carbocycles. The van der Waals surface area contributed by atoms with Crippen LogP contribution in [-0.2, 0) is 11.3 Å². The van der Waals surface area contributed by atoms with E-state index in [1.54, 1.807) is 7.11 Å². The number of anilines is 2. The van der Waals surface area contributed by atoms with E-state index in [2.05, 4.69) is 50.4 Å². The minimum atomic E-state index is 0.605. The maximum absolute atomic E-state index is 5.67. The van der Waals surface area contributed by atoms with Crippen LogP contribution >= 0.6 is 15.9 Å². The van der Waals surface area contributed by atoms with Crippen molar-refractivity contribution in [2.45, 2.75) is 13.5 Å². The van der Waals surface area contributed by atoms with E-state index in [-0.39, 0.29) is 0 Å². The molecule has 26 heavy (non-hydrogen) atoms. The SMILES string of the molecule is CCOc1cc(CNc2ccc(N3CCOCC3)cc2)c(Br)cc1OC. The fourth-order valence-electron chi connectivity index (χ4n) is 2.95. The minimum absolute atomic E-state index is 0.605. The minimum Gasteiger partial charge on any atom is -0.493 e. The number of hydrogen-bond donors (Lipinski definition) is 1. The molecule has 0 radical (unpaired) electrons. The lowest BCUT2D eigenvalue weighted by molar-refractivity contribution is 0.122. The van der Waals surface area contributed by atoms with E-state index in [1.165, 1.54) is 5.69 Å². The molecule has 1 aliphatic rings. The number of ether oxygens (including phenoxy) is 3. The van der Waals surface area contributed by atoms with E-state index in [1.807, 2.05) is 19.1 Å². The Morgan fingerprint density at radius 2 is 1.85 bits per heavy atom. The van der Waals surface area contributed by atoms with Gasteiger partial charge in [0.2, 0.25) is 0 Å². The molecule has 0 aromatic heterocycles. The first-order valence-corrected chi connectivity index (χ1v) is 9.66. The molecule has 0 aliphatic carbocycles. The van der Waals surface area contributed by atoms with E-state index in [0.717, 1.165) is 53.5 Å². The predicted molar refractivity (Wildman–Crippen MR) is 109 cm³/mol. The fraction of sp³-hybridized carbons (Fsp3) is 0.400. The van der Waals surface area contributed by atoms with Crippen LogP contribution in [0.1, 0.15) is 12.5 Å². The smallest absolute Gasteiger partial charge is 0.161 e. The van der Waals surface area contributed by atoms with Gasteiger partial charge in [0.15, 0.2) is 11.5 Å². The number of rotatable bonds is 7. The Bertz CT molecular complexity index is 716. The second kappa shape index (κ2) is 9.14. The first kappa shape index (κ1) is 18.9. The molecule has 140 valence electrons. The van der Waals surface area contributed by atoms with Crippen molar-refractivity contribution in [1.29, 1.82) is 0 Å². The number of nitrogens with one attached hydrogen (secondary N) is 1. The van der Waals surface area contributed by atoms with Gasteiger partial charge >= 0.3 is 0 Å². The lowest BCUT2D eigenvalue weighted by Crippen LogP contribution is -2.36. The van der Waals surface area contributed by atoms with Crippen molar-refractivity contribution in [1.82, 2.24) is 0 Å². The molecule has 1 saturated heterocycles. The van der Waals surface area contributed by atoms with E-state index in [0.29, 0.717) is 13.2 Å². The Morgan fingerprint density at radius 3 is 2.50 bits per heavy atom. The van der Waals surface area contributed by atoms with Gasteiger partial charge in [0.25, 0.3) is 0 Å². The molecule has 0 amide bonds. The van der Waals surface area contributed by atoms with Crippen molar-refractivity contribution < 1.29 is 14.2 Å². The highest BCUT2D eigenvalue weighted by atomic mass is 79.9. The Morgan fingerprint density at radius 1 is 1.12 bits per heavy atom. The maximum Gasteiger partial charge on any atom is 0.161 e. The highest BCUT2D eigenvalue weighted by Crippen LogP contribution is 2.34. The largest absolute Gasteiger partial charge is 0.493 e. The number of methoxy groups -OCH3 is 1. The Kier molecular flexibility index (Phi) is 6.63. The molecule has 1 fully saturated rings. The summed E-state index contributed by atoms with van der Waals surface area (Å²) < 4.78 is 17.5. The second-order valence-corrected chi connectivity index (χ2v) is 6.88. The van der Waals surface area contributed by atoms with E-state index >= 15 is 0 Å². The molecule has 5 nitrogen and oxygen atoms in total. The van der Waals surface area contributed by atoms with Gasteiger partial charge in [0.05, 0.1) is 26.9 Å². The third kappa shape index (κ3) is 4.62. The summed E-state index contributed by atoms with van der Waals surface area (Å²) in [7, 11) is 1.65. The van der Waals surface area contributed by atoms with Crippen molar-refractivity contribution in [3.63, 3.8) is 0 Å². The Balaban J connectivity index is 1.65. The summed E-state index contributed by atoms with van der Waals surface area (Å²) >= 11 is 3.62. The number of hydrogen-bond acceptors (Lipinski definition) is 5. The molecular formula is C20H25BrN2O3. The summed E-state index contributed by atoms with van der Waals surface area (Å²) in [6.07, 6.45) is 0. The van der Waals surface area contributed by atoms with Crippen LogP contribution in [0.3, 0.4) is 0 Å². The number of morpholine rings is 1. The van der Waals surface area contributed by atoms with Crippen LogP contribution in [-0.4, -0.2) is 40.0 Å². The molecule has 1 heterocycles. The highest BCUT2D eigenvalue weighted by molar-refractivity contribution is 9.10. The van der Waals surface area contributed by atoms with Crippen LogP contribution in [0.5, 0.6) is 11.5 Å². The number of benzene rings is 2. The van der Waals surface area contributed by atoms with Crippen LogP contribution < -0.4 is 19.7 Å². The van der Waals surface area contributed by atoms with Crippen molar-refractivity contribution in [3.8, 4) is 11.5 Å². The third-order valence-electron chi connectivity index (χ3n) is 4.36. The van der Waals surface area contributed by atoms with Gasteiger partial charge in [-0.15, -0.1) is 0 Å². The molecule has 1 aliphatic heterocycles. The van der Waals surface area contributed by atoms with Gasteiger partial charge in [0, 0.05) is 35.5 Å². The van der Waals surface area contributed by atoms with Crippen molar-refractivity contribution in [2.75, 3.05) is 50.2 Å². The quantitative estimate of drug-likeness (QED) is 0.722. The zero-order valence-electron chi connectivity index (χ0n) is 15.3. The van der Waals surface area contributed by atoms with Crippen LogP contribution in [0.25, 0.3) is 0 Å². The Hall–Kier alpha value is -1.92. The van der Waals surface area contributed by atoms with E-state index in [9.17, 15) is 0 Å². The molecule has 0 atom stereocenters. The highest BCUT2D eigenvalue weighted by Gasteiger charge is 2.12. The van der Waals surface area contributed by atoms with Crippen LogP contribution in [0.2, 0.25) is 0 Å². The normalized spacial score (nSPS) is 14.2. The first-order valence-electron chi connectivity index (χ1n) is 8.87. The maximum atomic E-state index is 5.67. The van der Waals surface area contributed by atoms with Crippen molar-refractivity contribution in [3.05, 3.63) is 46.4 Å². The summed E-state index contributed by atoms with van der Waals surface area (Å²) in [5.74, 6) is 1.50. The van der Waals surface area contributed by atoms with Gasteiger partial charge in [0.1, 0.15) is 0 Å². The first-order chi connectivity index (χ1) is 12.7. The third-order valence-corrected chi connectivity index (χ3v) is 5.10. The van der Waals surface area contributed by atoms with Crippen LogP contribution in [0.4, 0.5) is 11.4 Å². The zero-order chi connectivity index (χ0) is 18.4. The van der Waals surface area contributed by atoms with Crippen molar-refractivity contribution >= 4 is 27.3 Å². The lowest BCUT2D eigenvalue weighted by atomic mass is 10.2. The number of halogens is 1. The van der Waals surface area contributed by atoms with Gasteiger partial charge in [-0.05, 0) is 48.9 Å². The summed E-state index contributed by atoms with van der Waals surface area (Å²) in [6.45, 7) is 6.77. The molecule has 2 aromatic carbocycles. The summed E-state index contributed by atoms with van der Waals surface area (Å²) in [5, 5.41) is 3.47. The fourth-order valence-corrected chi connectivity index (χ4v) is 3.41. The average molecular weight is 421 g/mol. The Labute approximate surface area is 163 Å². The van der Waals surface area contributed by atoms with Gasteiger partial charge in [-0.1, -0.05) is 15.9 Å². The molecule has 0 bridgehead atoms.